The summed E-state index contributed by atoms with van der Waals surface area (Å²) < 4.78 is 32.3. The van der Waals surface area contributed by atoms with Crippen LogP contribution in [-0.2, 0) is 4.79 Å². The van der Waals surface area contributed by atoms with Crippen molar-refractivity contribution >= 4 is 17.4 Å². The average molecular weight is 397 g/mol. The second-order valence-electron chi connectivity index (χ2n) is 6.34. The number of rotatable bonds is 4. The molecule has 0 bridgehead atoms. The molecule has 29 heavy (non-hydrogen) atoms. The molecule has 0 saturated heterocycles. The number of furan rings is 1. The fourth-order valence-corrected chi connectivity index (χ4v) is 3.25. The van der Waals surface area contributed by atoms with E-state index in [-0.39, 0.29) is 22.8 Å². The summed E-state index contributed by atoms with van der Waals surface area (Å²) >= 11 is 0. The van der Waals surface area contributed by atoms with Crippen molar-refractivity contribution in [2.45, 2.75) is 6.04 Å². The van der Waals surface area contributed by atoms with Crippen LogP contribution >= 0.6 is 0 Å². The van der Waals surface area contributed by atoms with E-state index in [2.05, 4.69) is 0 Å². The van der Waals surface area contributed by atoms with E-state index in [1.54, 1.807) is 0 Å². The lowest BCUT2D eigenvalue weighted by Crippen LogP contribution is -2.31. The van der Waals surface area contributed by atoms with Crippen LogP contribution in [0.25, 0.3) is 0 Å². The van der Waals surface area contributed by atoms with Crippen LogP contribution in [0, 0.1) is 11.6 Å². The van der Waals surface area contributed by atoms with Crippen LogP contribution in [0.15, 0.2) is 76.6 Å². The molecule has 6 nitrogen and oxygen atoms in total. The van der Waals surface area contributed by atoms with Crippen molar-refractivity contribution < 1.29 is 33.0 Å². The number of aliphatic hydroxyl groups excluding tert-OH is 1. The minimum absolute atomic E-state index is 0.0513. The molecule has 0 spiro atoms. The van der Waals surface area contributed by atoms with Gasteiger partial charge < -0.3 is 14.6 Å². The Morgan fingerprint density at radius 2 is 1.72 bits per heavy atom. The molecule has 1 aliphatic rings. The van der Waals surface area contributed by atoms with Gasteiger partial charge in [0, 0.05) is 11.8 Å². The first-order valence-corrected chi connectivity index (χ1v) is 8.47. The van der Waals surface area contributed by atoms with E-state index in [0.717, 1.165) is 23.1 Å². The molecule has 1 aromatic heterocycles. The van der Waals surface area contributed by atoms with E-state index in [1.165, 1.54) is 42.7 Å². The molecule has 146 valence electrons. The van der Waals surface area contributed by atoms with Gasteiger partial charge in [0.15, 0.2) is 23.2 Å². The summed E-state index contributed by atoms with van der Waals surface area (Å²) in [4.78, 5) is 26.7. The molecule has 2 aromatic carbocycles. The van der Waals surface area contributed by atoms with Gasteiger partial charge in [0.2, 0.25) is 5.78 Å². The van der Waals surface area contributed by atoms with E-state index in [9.17, 15) is 28.6 Å². The second kappa shape index (κ2) is 6.90. The van der Waals surface area contributed by atoms with Gasteiger partial charge in [-0.05, 0) is 42.0 Å². The number of halogens is 2. The van der Waals surface area contributed by atoms with E-state index in [4.69, 9.17) is 4.42 Å². The average Bonchev–Trinajstić information content (AvgIpc) is 3.32. The first kappa shape index (κ1) is 18.4. The first-order chi connectivity index (χ1) is 13.9. The summed E-state index contributed by atoms with van der Waals surface area (Å²) in [7, 11) is 0. The molecule has 0 fully saturated rings. The standard InChI is InChI=1S/C21H13F2NO5/c22-14-8-5-12(10-15(14)23)24-18(11-3-6-13(25)7-4-11)17(20(27)21(24)28)19(26)16-2-1-9-29-16/h1-10,18,25,27H. The highest BCUT2D eigenvalue weighted by Gasteiger charge is 2.45. The van der Waals surface area contributed by atoms with Gasteiger partial charge in [0.25, 0.3) is 5.91 Å². The summed E-state index contributed by atoms with van der Waals surface area (Å²) in [5.74, 6) is -4.96. The van der Waals surface area contributed by atoms with Crippen LogP contribution in [0.4, 0.5) is 14.5 Å². The molecular weight excluding hydrogens is 384 g/mol. The molecule has 0 saturated carbocycles. The Hall–Kier alpha value is -3.94. The highest BCUT2D eigenvalue weighted by molar-refractivity contribution is 6.20. The van der Waals surface area contributed by atoms with Crippen molar-refractivity contribution in [2.75, 3.05) is 4.90 Å². The second-order valence-corrected chi connectivity index (χ2v) is 6.34. The molecule has 1 atom stereocenters. The first-order valence-electron chi connectivity index (χ1n) is 8.47. The van der Waals surface area contributed by atoms with Gasteiger partial charge >= 0.3 is 0 Å². The SMILES string of the molecule is O=C(C1=C(O)C(=O)N(c2ccc(F)c(F)c2)C1c1ccc(O)cc1)c1ccco1. The van der Waals surface area contributed by atoms with Crippen molar-refractivity contribution in [2.24, 2.45) is 0 Å². The maximum Gasteiger partial charge on any atom is 0.294 e. The maximum atomic E-state index is 13.8. The number of hydrogen-bond donors (Lipinski definition) is 2. The number of phenolic OH excluding ortho intramolecular Hbond substituents is 1. The predicted octanol–water partition coefficient (Wildman–Crippen LogP) is 4.05. The molecule has 0 aliphatic carbocycles. The number of phenols is 1. The molecule has 3 aromatic rings. The van der Waals surface area contributed by atoms with Crippen LogP contribution in [0.5, 0.6) is 5.75 Å². The number of ketones is 1. The lowest BCUT2D eigenvalue weighted by atomic mass is 9.94. The monoisotopic (exact) mass is 397 g/mol. The molecule has 8 heteroatoms. The number of carbonyl (C=O) groups excluding carboxylic acids is 2. The fraction of sp³-hybridized carbons (Fsp3) is 0.0476. The van der Waals surface area contributed by atoms with Crippen molar-refractivity contribution in [3.8, 4) is 5.75 Å². The zero-order valence-corrected chi connectivity index (χ0v) is 14.7. The van der Waals surface area contributed by atoms with Crippen molar-refractivity contribution in [3.63, 3.8) is 0 Å². The number of Topliss-reactive ketones (excluding diaryl/α,β-unsaturated/α-hetero) is 1. The normalized spacial score (nSPS) is 16.6. The topological polar surface area (TPSA) is 91.0 Å². The largest absolute Gasteiger partial charge is 0.508 e. The number of hydrogen-bond acceptors (Lipinski definition) is 5. The number of anilines is 1. The van der Waals surface area contributed by atoms with Crippen LogP contribution in [0.2, 0.25) is 0 Å². The minimum atomic E-state index is -1.19. The number of nitrogens with zero attached hydrogens (tertiary/aromatic N) is 1. The van der Waals surface area contributed by atoms with Gasteiger partial charge in [0.05, 0.1) is 17.9 Å². The van der Waals surface area contributed by atoms with Crippen molar-refractivity contribution in [1.82, 2.24) is 0 Å². The Morgan fingerprint density at radius 1 is 1.00 bits per heavy atom. The zero-order valence-electron chi connectivity index (χ0n) is 14.7. The third kappa shape index (κ3) is 3.04. The highest BCUT2D eigenvalue weighted by atomic mass is 19.2. The van der Waals surface area contributed by atoms with Crippen LogP contribution in [0.1, 0.15) is 22.2 Å². The van der Waals surface area contributed by atoms with E-state index >= 15 is 0 Å². The number of amides is 1. The van der Waals surface area contributed by atoms with E-state index in [1.807, 2.05) is 0 Å². The summed E-state index contributed by atoms with van der Waals surface area (Å²) in [6.45, 7) is 0. The Kier molecular flexibility index (Phi) is 4.38. The Morgan fingerprint density at radius 3 is 2.34 bits per heavy atom. The lowest BCUT2D eigenvalue weighted by molar-refractivity contribution is -0.117. The molecule has 1 aliphatic heterocycles. The van der Waals surface area contributed by atoms with Crippen LogP contribution in [-0.4, -0.2) is 21.9 Å². The Labute approximate surface area is 162 Å². The van der Waals surface area contributed by atoms with Crippen molar-refractivity contribution in [3.05, 3.63) is 95.2 Å². The molecule has 2 heterocycles. The number of carbonyl (C=O) groups is 2. The summed E-state index contributed by atoms with van der Waals surface area (Å²) in [5, 5.41) is 20.0. The molecule has 0 radical (unpaired) electrons. The van der Waals surface area contributed by atoms with Gasteiger partial charge in [-0.1, -0.05) is 12.1 Å². The van der Waals surface area contributed by atoms with Gasteiger partial charge in [-0.2, -0.15) is 0 Å². The third-order valence-corrected chi connectivity index (χ3v) is 4.59. The quantitative estimate of drug-likeness (QED) is 0.649. The smallest absolute Gasteiger partial charge is 0.294 e. The lowest BCUT2D eigenvalue weighted by Gasteiger charge is -2.26. The van der Waals surface area contributed by atoms with Gasteiger partial charge in [-0.3, -0.25) is 14.5 Å². The van der Waals surface area contributed by atoms with Gasteiger partial charge in [-0.25, -0.2) is 8.78 Å². The molecular formula is C21H13F2NO5. The number of benzene rings is 2. The fourth-order valence-electron chi connectivity index (χ4n) is 3.25. The molecule has 1 unspecified atom stereocenters. The summed E-state index contributed by atoms with van der Waals surface area (Å²) in [5.41, 5.74) is 0.0287. The predicted molar refractivity (Wildman–Crippen MR) is 97.4 cm³/mol. The van der Waals surface area contributed by atoms with E-state index < -0.39 is 35.1 Å². The van der Waals surface area contributed by atoms with Gasteiger partial charge in [0.1, 0.15) is 5.75 Å². The van der Waals surface area contributed by atoms with Crippen molar-refractivity contribution in [1.29, 1.82) is 0 Å². The summed E-state index contributed by atoms with van der Waals surface area (Å²) in [6.07, 6.45) is 1.27. The van der Waals surface area contributed by atoms with E-state index in [0.29, 0.717) is 5.56 Å². The maximum absolute atomic E-state index is 13.8. The van der Waals surface area contributed by atoms with Crippen LogP contribution in [0.3, 0.4) is 0 Å². The Balaban J connectivity index is 1.89. The summed E-state index contributed by atoms with van der Waals surface area (Å²) in [6, 6.07) is 10.1. The molecule has 2 N–H and O–H groups in total. The number of aromatic hydroxyl groups is 1. The Bertz CT molecular complexity index is 1140. The molecule has 4 rings (SSSR count). The van der Waals surface area contributed by atoms with Crippen LogP contribution < -0.4 is 4.90 Å². The van der Waals surface area contributed by atoms with Gasteiger partial charge in [-0.15, -0.1) is 0 Å². The number of aliphatic hydroxyl groups is 1. The third-order valence-electron chi connectivity index (χ3n) is 4.59. The highest BCUT2D eigenvalue weighted by Crippen LogP contribution is 2.42. The minimum Gasteiger partial charge on any atom is -0.508 e. The zero-order chi connectivity index (χ0) is 20.7. The molecule has 1 amide bonds.